The molecule has 1 saturated heterocycles. The zero-order chi connectivity index (χ0) is 21.4. The molecule has 1 aliphatic rings. The van der Waals surface area contributed by atoms with Gasteiger partial charge in [0, 0.05) is 18.4 Å². The van der Waals surface area contributed by atoms with Crippen LogP contribution in [0.1, 0.15) is 12.8 Å². The van der Waals surface area contributed by atoms with Crippen LogP contribution in [0.15, 0.2) is 78.9 Å². The highest BCUT2D eigenvalue weighted by atomic mass is 16.7. The van der Waals surface area contributed by atoms with Gasteiger partial charge in [0.25, 0.3) is 11.8 Å². The predicted molar refractivity (Wildman–Crippen MR) is 118 cm³/mol. The lowest BCUT2D eigenvalue weighted by molar-refractivity contribution is -0.170. The van der Waals surface area contributed by atoms with Gasteiger partial charge >= 0.3 is 6.09 Å². The molecule has 1 fully saturated rings. The van der Waals surface area contributed by atoms with E-state index in [4.69, 9.17) is 4.84 Å². The first kappa shape index (κ1) is 18.8. The van der Waals surface area contributed by atoms with Crippen LogP contribution in [-0.2, 0) is 14.4 Å². The van der Waals surface area contributed by atoms with Gasteiger partial charge in [-0.1, -0.05) is 72.8 Å². The zero-order valence-corrected chi connectivity index (χ0v) is 16.5. The molecule has 0 radical (unpaired) electrons. The summed E-state index contributed by atoms with van der Waals surface area (Å²) in [6.07, 6.45) is -0.799. The topological polar surface area (TPSA) is 75.7 Å². The highest BCUT2D eigenvalue weighted by Gasteiger charge is 2.33. The molecular weight excluding hydrogens is 392 g/mol. The summed E-state index contributed by atoms with van der Waals surface area (Å²) in [7, 11) is 0. The number of hydroxylamine groups is 2. The van der Waals surface area contributed by atoms with Gasteiger partial charge in [0.15, 0.2) is 0 Å². The third kappa shape index (κ3) is 3.38. The molecule has 0 aromatic heterocycles. The monoisotopic (exact) mass is 410 g/mol. The summed E-state index contributed by atoms with van der Waals surface area (Å²) in [6, 6.07) is 25.7. The average molecular weight is 410 g/mol. The number of fused-ring (bicyclic) bond motifs is 2. The molecule has 1 heterocycles. The van der Waals surface area contributed by atoms with Crippen LogP contribution in [0, 0.1) is 0 Å². The van der Waals surface area contributed by atoms with Gasteiger partial charge in [-0.05, 0) is 33.2 Å². The van der Waals surface area contributed by atoms with Crippen LogP contribution in [0.25, 0.3) is 32.7 Å². The summed E-state index contributed by atoms with van der Waals surface area (Å²) in [6.45, 7) is 0. The highest BCUT2D eigenvalue weighted by Crippen LogP contribution is 2.39. The zero-order valence-electron chi connectivity index (χ0n) is 16.5. The smallest absolute Gasteiger partial charge is 0.311 e. The van der Waals surface area contributed by atoms with Gasteiger partial charge in [0.1, 0.15) is 0 Å². The number of carbonyl (C=O) groups is 3. The number of hydrogen-bond donors (Lipinski definition) is 1. The van der Waals surface area contributed by atoms with E-state index in [0.717, 1.165) is 32.7 Å². The van der Waals surface area contributed by atoms with E-state index in [1.165, 1.54) is 0 Å². The van der Waals surface area contributed by atoms with Crippen molar-refractivity contribution in [3.63, 3.8) is 0 Å². The number of amides is 3. The second kappa shape index (κ2) is 7.57. The number of benzene rings is 4. The van der Waals surface area contributed by atoms with Gasteiger partial charge in [-0.25, -0.2) is 4.79 Å². The quantitative estimate of drug-likeness (QED) is 0.467. The van der Waals surface area contributed by atoms with Gasteiger partial charge in [-0.3, -0.25) is 14.9 Å². The van der Waals surface area contributed by atoms with E-state index in [9.17, 15) is 14.4 Å². The molecule has 5 rings (SSSR count). The van der Waals surface area contributed by atoms with Crippen molar-refractivity contribution in [2.75, 3.05) is 5.32 Å². The Morgan fingerprint density at radius 3 is 2.10 bits per heavy atom. The van der Waals surface area contributed by atoms with Crippen molar-refractivity contribution in [1.29, 1.82) is 0 Å². The Balaban J connectivity index is 1.61. The summed E-state index contributed by atoms with van der Waals surface area (Å²) < 4.78 is 0. The largest absolute Gasteiger partial charge is 0.436 e. The van der Waals surface area contributed by atoms with Crippen molar-refractivity contribution in [1.82, 2.24) is 5.06 Å². The normalized spacial score (nSPS) is 13.7. The maximum absolute atomic E-state index is 12.6. The number of carbonyl (C=O) groups excluding carboxylic acids is 3. The lowest BCUT2D eigenvalue weighted by Gasteiger charge is -2.18. The van der Waals surface area contributed by atoms with E-state index in [1.807, 2.05) is 72.8 Å². The van der Waals surface area contributed by atoms with Gasteiger partial charge in [0.2, 0.25) is 0 Å². The maximum Gasteiger partial charge on any atom is 0.436 e. The number of hydrogen-bond acceptors (Lipinski definition) is 4. The number of nitrogens with one attached hydrogen (secondary N) is 1. The number of anilines is 1. The molecule has 6 heteroatoms. The van der Waals surface area contributed by atoms with Crippen LogP contribution >= 0.6 is 0 Å². The van der Waals surface area contributed by atoms with Gasteiger partial charge in [0.05, 0.1) is 5.69 Å². The third-order valence-corrected chi connectivity index (χ3v) is 5.40. The fourth-order valence-electron chi connectivity index (χ4n) is 3.98. The average Bonchev–Trinajstić information content (AvgIpc) is 3.10. The molecule has 1 N–H and O–H groups in total. The van der Waals surface area contributed by atoms with Crippen molar-refractivity contribution < 1.29 is 19.2 Å². The molecule has 0 bridgehead atoms. The van der Waals surface area contributed by atoms with Crippen molar-refractivity contribution in [2.45, 2.75) is 12.8 Å². The van der Waals surface area contributed by atoms with E-state index >= 15 is 0 Å². The summed E-state index contributed by atoms with van der Waals surface area (Å²) >= 11 is 0. The minimum absolute atomic E-state index is 0.0450. The fourth-order valence-corrected chi connectivity index (χ4v) is 3.98. The van der Waals surface area contributed by atoms with Gasteiger partial charge in [-0.2, -0.15) is 0 Å². The molecule has 4 aromatic carbocycles. The molecule has 0 unspecified atom stereocenters. The lowest BCUT2D eigenvalue weighted by atomic mass is 9.92. The Hall–Kier alpha value is -4.19. The molecule has 4 aromatic rings. The van der Waals surface area contributed by atoms with Crippen molar-refractivity contribution >= 4 is 45.1 Å². The van der Waals surface area contributed by atoms with E-state index in [1.54, 1.807) is 6.07 Å². The number of rotatable bonds is 3. The minimum atomic E-state index is -0.889. The highest BCUT2D eigenvalue weighted by molar-refractivity contribution is 6.11. The minimum Gasteiger partial charge on any atom is -0.311 e. The number of nitrogens with zero attached hydrogens (tertiary/aromatic N) is 1. The molecule has 3 amide bonds. The Kier molecular flexibility index (Phi) is 4.59. The predicted octanol–water partition coefficient (Wildman–Crippen LogP) is 5.27. The Labute approximate surface area is 178 Å². The third-order valence-electron chi connectivity index (χ3n) is 5.40. The molecule has 6 nitrogen and oxygen atoms in total. The second-order valence-corrected chi connectivity index (χ2v) is 7.32. The Morgan fingerprint density at radius 1 is 0.742 bits per heavy atom. The molecule has 0 saturated carbocycles. The van der Waals surface area contributed by atoms with Gasteiger partial charge in [-0.15, -0.1) is 5.06 Å². The summed E-state index contributed by atoms with van der Waals surface area (Å²) in [5.41, 5.74) is 2.32. The molecule has 1 aliphatic heterocycles. The standard InChI is InChI=1S/C25H18N2O4/c28-22-14-15-23(29)27(22)31-25(30)26-21-13-12-17-7-2-4-10-19(17)24(21)20-11-5-8-16-6-1-3-9-18(16)20/h1-13H,14-15H2,(H,26,30). The molecular formula is C25H18N2O4. The maximum atomic E-state index is 12.6. The van der Waals surface area contributed by atoms with E-state index < -0.39 is 17.9 Å². The molecule has 152 valence electrons. The van der Waals surface area contributed by atoms with Crippen molar-refractivity contribution in [2.24, 2.45) is 0 Å². The second-order valence-electron chi connectivity index (χ2n) is 7.32. The summed E-state index contributed by atoms with van der Waals surface area (Å²) in [5, 5.41) is 7.37. The first-order valence-corrected chi connectivity index (χ1v) is 9.96. The Bertz CT molecular complexity index is 1340. The van der Waals surface area contributed by atoms with Crippen LogP contribution in [0.2, 0.25) is 0 Å². The van der Waals surface area contributed by atoms with Crippen LogP contribution in [0.4, 0.5) is 10.5 Å². The fraction of sp³-hybridized carbons (Fsp3) is 0.0800. The van der Waals surface area contributed by atoms with Crippen LogP contribution in [0.5, 0.6) is 0 Å². The SMILES string of the molecule is O=C(Nc1ccc2ccccc2c1-c1cccc2ccccc12)ON1C(=O)CCC1=O. The molecule has 0 atom stereocenters. The summed E-state index contributed by atoms with van der Waals surface area (Å²) in [4.78, 5) is 41.1. The summed E-state index contributed by atoms with van der Waals surface area (Å²) in [5.74, 6) is -1.04. The van der Waals surface area contributed by atoms with E-state index in [2.05, 4.69) is 5.32 Å². The first-order chi connectivity index (χ1) is 15.1. The Morgan fingerprint density at radius 2 is 1.35 bits per heavy atom. The van der Waals surface area contributed by atoms with Gasteiger partial charge < -0.3 is 4.84 Å². The van der Waals surface area contributed by atoms with Crippen LogP contribution < -0.4 is 5.32 Å². The van der Waals surface area contributed by atoms with Crippen molar-refractivity contribution in [3.05, 3.63) is 78.9 Å². The van der Waals surface area contributed by atoms with Crippen molar-refractivity contribution in [3.8, 4) is 11.1 Å². The van der Waals surface area contributed by atoms with E-state index in [0.29, 0.717) is 10.8 Å². The molecule has 0 aliphatic carbocycles. The molecule has 0 spiro atoms. The number of imide groups is 1. The van der Waals surface area contributed by atoms with Crippen LogP contribution in [0.3, 0.4) is 0 Å². The van der Waals surface area contributed by atoms with E-state index in [-0.39, 0.29) is 12.8 Å². The van der Waals surface area contributed by atoms with Crippen LogP contribution in [-0.4, -0.2) is 23.0 Å². The molecule has 31 heavy (non-hydrogen) atoms. The first-order valence-electron chi connectivity index (χ1n) is 9.96. The lowest BCUT2D eigenvalue weighted by Crippen LogP contribution is -2.34.